The molecule has 1 aromatic rings. The lowest BCUT2D eigenvalue weighted by Gasteiger charge is -2.19. The Morgan fingerprint density at radius 1 is 1.42 bits per heavy atom. The Morgan fingerprint density at radius 3 is 2.74 bits per heavy atom. The van der Waals surface area contributed by atoms with Gasteiger partial charge in [-0.3, -0.25) is 9.69 Å². The number of aryl methyl sites for hydroxylation is 1. The van der Waals surface area contributed by atoms with Gasteiger partial charge in [0.2, 0.25) is 0 Å². The van der Waals surface area contributed by atoms with Crippen LogP contribution in [0.25, 0.3) is 0 Å². The van der Waals surface area contributed by atoms with E-state index >= 15 is 0 Å². The van der Waals surface area contributed by atoms with Gasteiger partial charge in [-0.15, -0.1) is 0 Å². The van der Waals surface area contributed by atoms with E-state index in [-0.39, 0.29) is 12.5 Å². The summed E-state index contributed by atoms with van der Waals surface area (Å²) in [6, 6.07) is 1.71. The summed E-state index contributed by atoms with van der Waals surface area (Å²) in [6.07, 6.45) is 0.943. The number of aromatic nitrogens is 2. The molecule has 1 aromatic heterocycles. The Labute approximate surface area is 118 Å². The summed E-state index contributed by atoms with van der Waals surface area (Å²) in [6.45, 7) is 7.64. The van der Waals surface area contributed by atoms with Crippen LogP contribution >= 0.6 is 11.6 Å². The molecule has 19 heavy (non-hydrogen) atoms. The molecule has 0 radical (unpaired) electrons. The molecular weight excluding hydrogens is 266 g/mol. The fourth-order valence-corrected chi connectivity index (χ4v) is 2.03. The highest BCUT2D eigenvalue weighted by atomic mass is 35.5. The van der Waals surface area contributed by atoms with Gasteiger partial charge < -0.3 is 4.74 Å². The van der Waals surface area contributed by atoms with E-state index in [1.54, 1.807) is 13.0 Å². The minimum atomic E-state index is -0.227. The molecule has 1 rings (SSSR count). The summed E-state index contributed by atoms with van der Waals surface area (Å²) in [4.78, 5) is 22.0. The summed E-state index contributed by atoms with van der Waals surface area (Å²) in [5.41, 5.74) is 0.822. The topological polar surface area (TPSA) is 55.3 Å². The van der Waals surface area contributed by atoms with Gasteiger partial charge in [0.15, 0.2) is 0 Å². The summed E-state index contributed by atoms with van der Waals surface area (Å²) < 4.78 is 4.96. The van der Waals surface area contributed by atoms with Crippen molar-refractivity contribution in [2.75, 3.05) is 19.7 Å². The molecule has 0 bridgehead atoms. The minimum Gasteiger partial charge on any atom is -0.465 e. The largest absolute Gasteiger partial charge is 0.465 e. The van der Waals surface area contributed by atoms with Crippen LogP contribution in [-0.4, -0.2) is 40.5 Å². The van der Waals surface area contributed by atoms with Gasteiger partial charge in [0.25, 0.3) is 0 Å². The smallest absolute Gasteiger partial charge is 0.320 e. The molecule has 6 heteroatoms. The fraction of sp³-hybridized carbons (Fsp3) is 0.615. The van der Waals surface area contributed by atoms with Crippen LogP contribution in [0.15, 0.2) is 6.07 Å². The Morgan fingerprint density at radius 2 is 2.16 bits per heavy atom. The van der Waals surface area contributed by atoms with Crippen molar-refractivity contribution in [3.63, 3.8) is 0 Å². The molecule has 0 spiro atoms. The molecule has 0 atom stereocenters. The normalized spacial score (nSPS) is 10.8. The van der Waals surface area contributed by atoms with Crippen LogP contribution in [0.1, 0.15) is 31.8 Å². The van der Waals surface area contributed by atoms with Gasteiger partial charge in [-0.1, -0.05) is 18.5 Å². The number of hydrogen-bond donors (Lipinski definition) is 0. The quantitative estimate of drug-likeness (QED) is 0.568. The first-order valence-electron chi connectivity index (χ1n) is 6.43. The van der Waals surface area contributed by atoms with Crippen molar-refractivity contribution in [1.29, 1.82) is 0 Å². The van der Waals surface area contributed by atoms with Crippen LogP contribution in [0, 0.1) is 6.92 Å². The summed E-state index contributed by atoms with van der Waals surface area (Å²) in [7, 11) is 0. The van der Waals surface area contributed by atoms with Crippen LogP contribution in [0.2, 0.25) is 5.15 Å². The minimum absolute atomic E-state index is 0.227. The van der Waals surface area contributed by atoms with Crippen molar-refractivity contribution in [3.05, 3.63) is 22.7 Å². The molecule has 0 aliphatic carbocycles. The second-order valence-corrected chi connectivity index (χ2v) is 4.65. The lowest BCUT2D eigenvalue weighted by Crippen LogP contribution is -2.32. The number of nitrogens with zero attached hydrogens (tertiary/aromatic N) is 3. The Bertz CT molecular complexity index is 406. The van der Waals surface area contributed by atoms with Crippen molar-refractivity contribution < 1.29 is 9.53 Å². The lowest BCUT2D eigenvalue weighted by atomic mass is 10.3. The first kappa shape index (κ1) is 15.9. The average Bonchev–Trinajstić information content (AvgIpc) is 2.27. The molecule has 0 aliphatic rings. The summed E-state index contributed by atoms with van der Waals surface area (Å²) in [5.74, 6) is 0.400. The maximum absolute atomic E-state index is 11.5. The number of halogens is 1. The van der Waals surface area contributed by atoms with Gasteiger partial charge in [0.1, 0.15) is 11.0 Å². The first-order chi connectivity index (χ1) is 9.05. The number of carbonyl (C=O) groups is 1. The van der Waals surface area contributed by atoms with Crippen molar-refractivity contribution in [2.45, 2.75) is 33.7 Å². The van der Waals surface area contributed by atoms with E-state index in [4.69, 9.17) is 16.3 Å². The third-order valence-electron chi connectivity index (χ3n) is 2.43. The lowest BCUT2D eigenvalue weighted by molar-refractivity contribution is -0.144. The fourth-order valence-electron chi connectivity index (χ4n) is 1.78. The molecule has 0 aliphatic heterocycles. The summed E-state index contributed by atoms with van der Waals surface area (Å²) in [5, 5.41) is 0.426. The molecular formula is C13H20ClN3O2. The maximum Gasteiger partial charge on any atom is 0.320 e. The van der Waals surface area contributed by atoms with Crippen molar-refractivity contribution >= 4 is 17.6 Å². The predicted octanol–water partition coefficient (Wildman–Crippen LogP) is 2.21. The molecule has 5 nitrogen and oxygen atoms in total. The SMILES string of the molecule is CCCN(CC(=O)OCC)Cc1nc(C)cc(Cl)n1. The third kappa shape index (κ3) is 5.98. The zero-order valence-electron chi connectivity index (χ0n) is 11.6. The molecule has 0 unspecified atom stereocenters. The molecule has 0 amide bonds. The van der Waals surface area contributed by atoms with Crippen LogP contribution in [-0.2, 0) is 16.1 Å². The van der Waals surface area contributed by atoms with Gasteiger partial charge in [0, 0.05) is 5.69 Å². The van der Waals surface area contributed by atoms with Crippen LogP contribution in [0.3, 0.4) is 0 Å². The maximum atomic E-state index is 11.5. The predicted molar refractivity (Wildman–Crippen MR) is 74.0 cm³/mol. The zero-order chi connectivity index (χ0) is 14.3. The van der Waals surface area contributed by atoms with E-state index in [9.17, 15) is 4.79 Å². The Kier molecular flexibility index (Phi) is 6.73. The highest BCUT2D eigenvalue weighted by Crippen LogP contribution is 2.08. The number of esters is 1. The average molecular weight is 286 g/mol. The Balaban J connectivity index is 2.68. The van der Waals surface area contributed by atoms with Gasteiger partial charge in [-0.25, -0.2) is 9.97 Å². The standard InChI is InChI=1S/C13H20ClN3O2/c1-4-6-17(9-13(18)19-5-2)8-12-15-10(3)7-11(14)16-12/h7H,4-6,8-9H2,1-3H3. The van der Waals surface area contributed by atoms with E-state index in [0.717, 1.165) is 18.7 Å². The zero-order valence-corrected chi connectivity index (χ0v) is 12.4. The number of rotatable bonds is 7. The third-order valence-corrected chi connectivity index (χ3v) is 2.63. The monoisotopic (exact) mass is 285 g/mol. The molecule has 0 fully saturated rings. The van der Waals surface area contributed by atoms with Gasteiger partial charge in [-0.2, -0.15) is 0 Å². The first-order valence-corrected chi connectivity index (χ1v) is 6.81. The van der Waals surface area contributed by atoms with E-state index in [2.05, 4.69) is 16.9 Å². The second-order valence-electron chi connectivity index (χ2n) is 4.26. The van der Waals surface area contributed by atoms with E-state index in [0.29, 0.717) is 24.1 Å². The molecule has 0 saturated carbocycles. The van der Waals surface area contributed by atoms with Gasteiger partial charge in [0.05, 0.1) is 19.7 Å². The highest BCUT2D eigenvalue weighted by Gasteiger charge is 2.13. The molecule has 1 heterocycles. The Hall–Kier alpha value is -1.20. The van der Waals surface area contributed by atoms with Gasteiger partial charge in [-0.05, 0) is 32.9 Å². The van der Waals surface area contributed by atoms with Crippen LogP contribution in [0.4, 0.5) is 0 Å². The second kappa shape index (κ2) is 8.07. The van der Waals surface area contributed by atoms with Gasteiger partial charge >= 0.3 is 5.97 Å². The van der Waals surface area contributed by atoms with E-state index < -0.39 is 0 Å². The molecule has 0 aromatic carbocycles. The van der Waals surface area contributed by atoms with Crippen molar-refractivity contribution in [1.82, 2.24) is 14.9 Å². The number of ether oxygens (including phenoxy) is 1. The van der Waals surface area contributed by atoms with Crippen molar-refractivity contribution in [3.8, 4) is 0 Å². The number of carbonyl (C=O) groups excluding carboxylic acids is 1. The molecule has 106 valence electrons. The van der Waals surface area contributed by atoms with Crippen LogP contribution < -0.4 is 0 Å². The summed E-state index contributed by atoms with van der Waals surface area (Å²) >= 11 is 5.90. The van der Waals surface area contributed by atoms with E-state index in [1.165, 1.54) is 0 Å². The van der Waals surface area contributed by atoms with Crippen molar-refractivity contribution in [2.24, 2.45) is 0 Å². The number of hydrogen-bond acceptors (Lipinski definition) is 5. The molecule has 0 N–H and O–H groups in total. The van der Waals surface area contributed by atoms with Crippen LogP contribution in [0.5, 0.6) is 0 Å². The highest BCUT2D eigenvalue weighted by molar-refractivity contribution is 6.29. The van der Waals surface area contributed by atoms with E-state index in [1.807, 2.05) is 11.8 Å². The molecule has 0 saturated heterocycles.